The van der Waals surface area contributed by atoms with E-state index in [-0.39, 0.29) is 12.1 Å². The van der Waals surface area contributed by atoms with Crippen molar-refractivity contribution in [1.29, 1.82) is 5.41 Å². The number of hydrogen-bond acceptors (Lipinski definition) is 5. The number of carbonyl (C=O) groups excluding carboxylic acids is 1. The van der Waals surface area contributed by atoms with E-state index in [1.807, 2.05) is 30.3 Å². The summed E-state index contributed by atoms with van der Waals surface area (Å²) in [5.41, 5.74) is 1.64. The van der Waals surface area contributed by atoms with Gasteiger partial charge in [-0.1, -0.05) is 30.3 Å². The van der Waals surface area contributed by atoms with Gasteiger partial charge in [-0.05, 0) is 5.56 Å². The second-order valence-electron chi connectivity index (χ2n) is 4.10. The predicted molar refractivity (Wildman–Crippen MR) is 69.8 cm³/mol. The van der Waals surface area contributed by atoms with E-state index in [1.54, 1.807) is 0 Å². The molecule has 0 aliphatic carbocycles. The summed E-state index contributed by atoms with van der Waals surface area (Å²) < 4.78 is 6.37. The van der Waals surface area contributed by atoms with Crippen LogP contribution in [0.3, 0.4) is 0 Å². The second kappa shape index (κ2) is 4.96. The van der Waals surface area contributed by atoms with Gasteiger partial charge in [-0.3, -0.25) is 5.41 Å². The number of imidazole rings is 1. The minimum Gasteiger partial charge on any atom is -0.444 e. The first-order valence-electron chi connectivity index (χ1n) is 5.92. The Morgan fingerprint density at radius 1 is 1.30 bits per heavy atom. The maximum atomic E-state index is 12.0. The zero-order valence-corrected chi connectivity index (χ0v) is 10.4. The highest BCUT2D eigenvalue weighted by Gasteiger charge is 2.12. The Hall–Kier alpha value is -2.96. The van der Waals surface area contributed by atoms with Gasteiger partial charge < -0.3 is 9.72 Å². The van der Waals surface area contributed by atoms with Gasteiger partial charge in [0.25, 0.3) is 0 Å². The maximum absolute atomic E-state index is 12.0. The molecule has 0 fully saturated rings. The van der Waals surface area contributed by atoms with E-state index in [0.29, 0.717) is 11.2 Å². The molecule has 0 unspecified atom stereocenters. The standard InChI is InChI=1S/C13H11N5O2/c14-11-10-12(16-7-15-10)18(8-17-11)13(19)20-6-9-4-2-1-3-5-9/h1-5,7-8,14H,6H2,(H,15,16). The van der Waals surface area contributed by atoms with Crippen molar-refractivity contribution in [3.8, 4) is 0 Å². The normalized spacial score (nSPS) is 10.6. The number of fused-ring (bicyclic) bond motifs is 1. The van der Waals surface area contributed by atoms with Crippen molar-refractivity contribution in [3.05, 3.63) is 54.0 Å². The van der Waals surface area contributed by atoms with Crippen molar-refractivity contribution in [2.75, 3.05) is 0 Å². The molecule has 2 aromatic heterocycles. The number of nitrogens with one attached hydrogen (secondary N) is 2. The van der Waals surface area contributed by atoms with Crippen LogP contribution in [0.5, 0.6) is 0 Å². The first kappa shape index (κ1) is 12.1. The third-order valence-electron chi connectivity index (χ3n) is 2.79. The van der Waals surface area contributed by atoms with Crippen molar-refractivity contribution >= 4 is 17.3 Å². The number of aromatic amines is 1. The number of H-pyrrole nitrogens is 1. The van der Waals surface area contributed by atoms with Crippen LogP contribution in [-0.2, 0) is 11.3 Å². The van der Waals surface area contributed by atoms with Gasteiger partial charge in [0.1, 0.15) is 18.5 Å². The highest BCUT2D eigenvalue weighted by atomic mass is 16.5. The molecule has 0 saturated carbocycles. The molecule has 3 rings (SSSR count). The molecule has 1 aromatic carbocycles. The van der Waals surface area contributed by atoms with Crippen LogP contribution in [0, 0.1) is 5.41 Å². The number of carbonyl (C=O) groups is 1. The molecular formula is C13H11N5O2. The summed E-state index contributed by atoms with van der Waals surface area (Å²) in [5, 5.41) is 7.61. The van der Waals surface area contributed by atoms with Crippen molar-refractivity contribution in [2.24, 2.45) is 0 Å². The first-order chi connectivity index (χ1) is 9.75. The Labute approximate surface area is 113 Å². The largest absolute Gasteiger partial charge is 0.444 e. The first-order valence-corrected chi connectivity index (χ1v) is 5.92. The van der Waals surface area contributed by atoms with Gasteiger partial charge in [0.15, 0.2) is 11.1 Å². The quantitative estimate of drug-likeness (QED) is 0.735. The molecule has 0 spiro atoms. The van der Waals surface area contributed by atoms with Crippen LogP contribution in [0.15, 0.2) is 43.0 Å². The zero-order valence-electron chi connectivity index (χ0n) is 10.4. The monoisotopic (exact) mass is 269 g/mol. The molecule has 7 nitrogen and oxygen atoms in total. The summed E-state index contributed by atoms with van der Waals surface area (Å²) in [6.45, 7) is 0.168. The molecule has 0 aliphatic heterocycles. The smallest absolute Gasteiger partial charge is 0.421 e. The lowest BCUT2D eigenvalue weighted by molar-refractivity contribution is 0.142. The molecule has 0 saturated heterocycles. The molecule has 3 aromatic rings. The Kier molecular flexibility index (Phi) is 3.00. The molecule has 7 heteroatoms. The Morgan fingerprint density at radius 2 is 2.10 bits per heavy atom. The highest BCUT2D eigenvalue weighted by Crippen LogP contribution is 2.06. The van der Waals surface area contributed by atoms with Crippen molar-refractivity contribution in [3.63, 3.8) is 0 Å². The molecule has 0 radical (unpaired) electrons. The highest BCUT2D eigenvalue weighted by molar-refractivity contribution is 5.82. The molecule has 20 heavy (non-hydrogen) atoms. The zero-order chi connectivity index (χ0) is 13.9. The number of nitrogens with zero attached hydrogens (tertiary/aromatic N) is 3. The number of aromatic nitrogens is 4. The SMILES string of the molecule is N=c1ncn(C(=O)OCc2ccccc2)c2nc[nH]c12. The van der Waals surface area contributed by atoms with Gasteiger partial charge in [-0.15, -0.1) is 0 Å². The lowest BCUT2D eigenvalue weighted by Gasteiger charge is -2.07. The van der Waals surface area contributed by atoms with E-state index in [1.165, 1.54) is 17.2 Å². The van der Waals surface area contributed by atoms with E-state index in [9.17, 15) is 4.79 Å². The van der Waals surface area contributed by atoms with Crippen molar-refractivity contribution < 1.29 is 9.53 Å². The predicted octanol–water partition coefficient (Wildman–Crippen LogP) is 1.42. The van der Waals surface area contributed by atoms with Crippen LogP contribution < -0.4 is 5.49 Å². The summed E-state index contributed by atoms with van der Waals surface area (Å²) in [7, 11) is 0. The summed E-state index contributed by atoms with van der Waals surface area (Å²) in [4.78, 5) is 22.6. The van der Waals surface area contributed by atoms with E-state index < -0.39 is 6.09 Å². The summed E-state index contributed by atoms with van der Waals surface area (Å²) >= 11 is 0. The van der Waals surface area contributed by atoms with Crippen LogP contribution in [0.2, 0.25) is 0 Å². The van der Waals surface area contributed by atoms with Crippen molar-refractivity contribution in [2.45, 2.75) is 6.61 Å². The third-order valence-corrected chi connectivity index (χ3v) is 2.79. The van der Waals surface area contributed by atoms with E-state index in [2.05, 4.69) is 15.0 Å². The third kappa shape index (κ3) is 2.16. The number of hydrogen-bond donors (Lipinski definition) is 2. The molecular weight excluding hydrogens is 258 g/mol. The van der Waals surface area contributed by atoms with Crippen LogP contribution in [-0.4, -0.2) is 25.6 Å². The average Bonchev–Trinajstić information content (AvgIpc) is 2.96. The maximum Gasteiger partial charge on any atom is 0.421 e. The second-order valence-corrected chi connectivity index (χ2v) is 4.10. The number of ether oxygens (including phenoxy) is 1. The Balaban J connectivity index is 1.84. The lowest BCUT2D eigenvalue weighted by Crippen LogP contribution is -2.19. The molecule has 2 heterocycles. The van der Waals surface area contributed by atoms with Gasteiger partial charge in [-0.25, -0.2) is 19.3 Å². The fraction of sp³-hybridized carbons (Fsp3) is 0.0769. The number of rotatable bonds is 2. The van der Waals surface area contributed by atoms with Gasteiger partial charge >= 0.3 is 6.09 Å². The van der Waals surface area contributed by atoms with Gasteiger partial charge in [-0.2, -0.15) is 0 Å². The van der Waals surface area contributed by atoms with Gasteiger partial charge in [0, 0.05) is 0 Å². The van der Waals surface area contributed by atoms with Gasteiger partial charge in [0.2, 0.25) is 0 Å². The van der Waals surface area contributed by atoms with Crippen LogP contribution in [0.1, 0.15) is 5.56 Å². The van der Waals surface area contributed by atoms with Crippen molar-refractivity contribution in [1.82, 2.24) is 19.5 Å². The fourth-order valence-electron chi connectivity index (χ4n) is 1.80. The molecule has 100 valence electrons. The Bertz CT molecular complexity index is 806. The van der Waals surface area contributed by atoms with Crippen LogP contribution >= 0.6 is 0 Å². The fourth-order valence-corrected chi connectivity index (χ4v) is 1.80. The summed E-state index contributed by atoms with van der Waals surface area (Å²) in [6, 6.07) is 9.38. The summed E-state index contributed by atoms with van der Waals surface area (Å²) in [5.74, 6) is 0. The number of benzene rings is 1. The minimum atomic E-state index is -0.585. The van der Waals surface area contributed by atoms with Crippen LogP contribution in [0.25, 0.3) is 11.2 Å². The molecule has 2 N–H and O–H groups in total. The lowest BCUT2D eigenvalue weighted by atomic mass is 10.2. The molecule has 0 aliphatic rings. The average molecular weight is 269 g/mol. The molecule has 0 bridgehead atoms. The topological polar surface area (TPSA) is 96.7 Å². The van der Waals surface area contributed by atoms with E-state index in [0.717, 1.165) is 5.56 Å². The van der Waals surface area contributed by atoms with Gasteiger partial charge in [0.05, 0.1) is 6.33 Å². The van der Waals surface area contributed by atoms with Crippen LogP contribution in [0.4, 0.5) is 4.79 Å². The molecule has 0 amide bonds. The summed E-state index contributed by atoms with van der Waals surface area (Å²) in [6.07, 6.45) is 2.06. The Morgan fingerprint density at radius 3 is 2.90 bits per heavy atom. The minimum absolute atomic E-state index is 0.0320. The van der Waals surface area contributed by atoms with E-state index >= 15 is 0 Å². The molecule has 0 atom stereocenters. The van der Waals surface area contributed by atoms with E-state index in [4.69, 9.17) is 10.1 Å².